The van der Waals surface area contributed by atoms with Gasteiger partial charge in [0.1, 0.15) is 5.78 Å². The van der Waals surface area contributed by atoms with Crippen LogP contribution in [0.25, 0.3) is 0 Å². The summed E-state index contributed by atoms with van der Waals surface area (Å²) in [7, 11) is 3.81. The highest BCUT2D eigenvalue weighted by Crippen LogP contribution is 2.11. The van der Waals surface area contributed by atoms with E-state index < -0.39 is 0 Å². The molecule has 0 bridgehead atoms. The lowest BCUT2D eigenvalue weighted by Gasteiger charge is -2.14. The number of rotatable bonds is 1. The van der Waals surface area contributed by atoms with Crippen LogP contribution in [-0.4, -0.2) is 30.6 Å². The Morgan fingerprint density at radius 3 is 2.18 bits per heavy atom. The molecule has 0 spiro atoms. The molecule has 3 heteroatoms. The van der Waals surface area contributed by atoms with E-state index in [2.05, 4.69) is 5.10 Å². The van der Waals surface area contributed by atoms with Gasteiger partial charge in [-0.2, -0.15) is 5.10 Å². The van der Waals surface area contributed by atoms with Gasteiger partial charge in [0.25, 0.3) is 0 Å². The third-order valence-electron chi connectivity index (χ3n) is 1.73. The minimum atomic E-state index is 0.378. The second-order valence-corrected chi connectivity index (χ2v) is 3.05. The summed E-state index contributed by atoms with van der Waals surface area (Å²) in [5.74, 6) is 0.378. The Hall–Kier alpha value is -0.860. The zero-order valence-corrected chi connectivity index (χ0v) is 7.13. The second-order valence-electron chi connectivity index (χ2n) is 3.05. The first-order chi connectivity index (χ1) is 5.18. The lowest BCUT2D eigenvalue weighted by Crippen LogP contribution is -2.16. The van der Waals surface area contributed by atoms with Crippen molar-refractivity contribution in [2.45, 2.75) is 25.7 Å². The summed E-state index contributed by atoms with van der Waals surface area (Å²) >= 11 is 0. The maximum atomic E-state index is 10.8. The van der Waals surface area contributed by atoms with E-state index in [0.29, 0.717) is 18.6 Å². The van der Waals surface area contributed by atoms with E-state index in [4.69, 9.17) is 0 Å². The van der Waals surface area contributed by atoms with Gasteiger partial charge in [-0.1, -0.05) is 0 Å². The second kappa shape index (κ2) is 3.51. The quantitative estimate of drug-likeness (QED) is 0.529. The number of carbonyl (C=O) groups is 1. The molecule has 0 aliphatic heterocycles. The van der Waals surface area contributed by atoms with Gasteiger partial charge >= 0.3 is 0 Å². The van der Waals surface area contributed by atoms with Crippen LogP contribution >= 0.6 is 0 Å². The standard InChI is InChI=1S/C8H14N2O/c1-10(2)9-7-3-5-8(11)6-4-7/h3-6H2,1-2H3. The van der Waals surface area contributed by atoms with Gasteiger partial charge in [-0.05, 0) is 12.8 Å². The van der Waals surface area contributed by atoms with Crippen LogP contribution in [0.1, 0.15) is 25.7 Å². The smallest absolute Gasteiger partial charge is 0.133 e. The highest BCUT2D eigenvalue weighted by atomic mass is 16.1. The topological polar surface area (TPSA) is 32.7 Å². The first-order valence-corrected chi connectivity index (χ1v) is 3.94. The average molecular weight is 154 g/mol. The van der Waals surface area contributed by atoms with Crippen LogP contribution in [-0.2, 0) is 4.79 Å². The largest absolute Gasteiger partial charge is 0.303 e. The molecule has 62 valence electrons. The molecular weight excluding hydrogens is 140 g/mol. The van der Waals surface area contributed by atoms with Gasteiger partial charge in [0, 0.05) is 32.6 Å². The van der Waals surface area contributed by atoms with E-state index in [9.17, 15) is 4.79 Å². The molecule has 0 aromatic carbocycles. The van der Waals surface area contributed by atoms with E-state index in [1.165, 1.54) is 0 Å². The summed E-state index contributed by atoms with van der Waals surface area (Å²) < 4.78 is 0. The molecular formula is C8H14N2O. The number of hydrogen-bond acceptors (Lipinski definition) is 3. The Morgan fingerprint density at radius 2 is 1.73 bits per heavy atom. The molecule has 0 amide bonds. The van der Waals surface area contributed by atoms with Crippen LogP contribution in [0.15, 0.2) is 5.10 Å². The fraction of sp³-hybridized carbons (Fsp3) is 0.750. The summed E-state index contributed by atoms with van der Waals surface area (Å²) in [5, 5.41) is 6.07. The molecule has 0 unspecified atom stereocenters. The number of hydrogen-bond donors (Lipinski definition) is 0. The van der Waals surface area contributed by atoms with Crippen molar-refractivity contribution < 1.29 is 4.79 Å². The van der Waals surface area contributed by atoms with Crippen LogP contribution in [0.5, 0.6) is 0 Å². The number of nitrogens with zero attached hydrogens (tertiary/aromatic N) is 2. The summed E-state index contributed by atoms with van der Waals surface area (Å²) in [6.45, 7) is 0. The predicted octanol–water partition coefficient (Wildman–Crippen LogP) is 1.05. The lowest BCUT2D eigenvalue weighted by molar-refractivity contribution is -0.119. The van der Waals surface area contributed by atoms with Crippen molar-refractivity contribution in [1.29, 1.82) is 0 Å². The molecule has 1 saturated carbocycles. The monoisotopic (exact) mass is 154 g/mol. The summed E-state index contributed by atoms with van der Waals surface area (Å²) in [4.78, 5) is 10.8. The molecule has 11 heavy (non-hydrogen) atoms. The number of ketones is 1. The van der Waals surface area contributed by atoms with Crippen molar-refractivity contribution in [2.24, 2.45) is 5.10 Å². The molecule has 0 aromatic heterocycles. The fourth-order valence-electron chi connectivity index (χ4n) is 1.20. The van der Waals surface area contributed by atoms with Gasteiger partial charge < -0.3 is 5.01 Å². The minimum absolute atomic E-state index is 0.378. The average Bonchev–Trinajstić information content (AvgIpc) is 1.93. The normalized spacial score (nSPS) is 18.4. The molecule has 1 fully saturated rings. The summed E-state index contributed by atoms with van der Waals surface area (Å²) in [6.07, 6.45) is 3.09. The number of carbonyl (C=O) groups excluding carboxylic acids is 1. The predicted molar refractivity (Wildman–Crippen MR) is 44.6 cm³/mol. The highest BCUT2D eigenvalue weighted by Gasteiger charge is 2.13. The van der Waals surface area contributed by atoms with Crippen molar-refractivity contribution in [3.05, 3.63) is 0 Å². The van der Waals surface area contributed by atoms with Crippen LogP contribution in [0.2, 0.25) is 0 Å². The third kappa shape index (κ3) is 2.70. The molecule has 1 rings (SSSR count). The van der Waals surface area contributed by atoms with E-state index in [1.54, 1.807) is 5.01 Å². The maximum absolute atomic E-state index is 10.8. The van der Waals surface area contributed by atoms with Crippen LogP contribution in [0.4, 0.5) is 0 Å². The van der Waals surface area contributed by atoms with E-state index >= 15 is 0 Å². The lowest BCUT2D eigenvalue weighted by atomic mass is 9.97. The zero-order valence-electron chi connectivity index (χ0n) is 7.13. The van der Waals surface area contributed by atoms with Crippen LogP contribution in [0, 0.1) is 0 Å². The van der Waals surface area contributed by atoms with E-state index in [-0.39, 0.29) is 0 Å². The first kappa shape index (κ1) is 8.24. The van der Waals surface area contributed by atoms with Gasteiger partial charge in [-0.25, -0.2) is 0 Å². The summed E-state index contributed by atoms with van der Waals surface area (Å²) in [6, 6.07) is 0. The van der Waals surface area contributed by atoms with Gasteiger partial charge in [-0.15, -0.1) is 0 Å². The molecule has 3 nitrogen and oxygen atoms in total. The zero-order chi connectivity index (χ0) is 8.27. The molecule has 0 heterocycles. The van der Waals surface area contributed by atoms with Crippen LogP contribution < -0.4 is 0 Å². The van der Waals surface area contributed by atoms with Crippen molar-refractivity contribution in [2.75, 3.05) is 14.1 Å². The van der Waals surface area contributed by atoms with Crippen LogP contribution in [0.3, 0.4) is 0 Å². The summed E-state index contributed by atoms with van der Waals surface area (Å²) in [5.41, 5.74) is 1.16. The molecule has 0 N–H and O–H groups in total. The Bertz CT molecular complexity index is 173. The third-order valence-corrected chi connectivity index (χ3v) is 1.73. The minimum Gasteiger partial charge on any atom is -0.303 e. The first-order valence-electron chi connectivity index (χ1n) is 3.94. The SMILES string of the molecule is CN(C)N=C1CCC(=O)CC1. The van der Waals surface area contributed by atoms with E-state index in [0.717, 1.165) is 18.6 Å². The van der Waals surface area contributed by atoms with Gasteiger partial charge in [-0.3, -0.25) is 4.79 Å². The molecule has 0 aromatic rings. The Balaban J connectivity index is 2.44. The molecule has 0 saturated heterocycles. The number of Topliss-reactive ketones (excluding diaryl/α,β-unsaturated/α-hetero) is 1. The van der Waals surface area contributed by atoms with E-state index in [1.807, 2.05) is 14.1 Å². The maximum Gasteiger partial charge on any atom is 0.133 e. The van der Waals surface area contributed by atoms with Crippen molar-refractivity contribution in [3.8, 4) is 0 Å². The molecule has 1 aliphatic carbocycles. The molecule has 0 atom stereocenters. The van der Waals surface area contributed by atoms with Crippen molar-refractivity contribution in [1.82, 2.24) is 5.01 Å². The van der Waals surface area contributed by atoms with Gasteiger partial charge in [0.05, 0.1) is 0 Å². The Morgan fingerprint density at radius 1 is 1.18 bits per heavy atom. The van der Waals surface area contributed by atoms with Crippen molar-refractivity contribution in [3.63, 3.8) is 0 Å². The Kier molecular flexibility index (Phi) is 2.63. The highest BCUT2D eigenvalue weighted by molar-refractivity contribution is 5.95. The van der Waals surface area contributed by atoms with Gasteiger partial charge in [0.2, 0.25) is 0 Å². The fourth-order valence-corrected chi connectivity index (χ4v) is 1.20. The molecule has 0 radical (unpaired) electrons. The Labute approximate surface area is 67.1 Å². The van der Waals surface area contributed by atoms with Crippen molar-refractivity contribution >= 4 is 11.5 Å². The number of hydrazone groups is 1. The molecule has 1 aliphatic rings. The van der Waals surface area contributed by atoms with Gasteiger partial charge in [0.15, 0.2) is 0 Å².